The third kappa shape index (κ3) is 6.81. The van der Waals surface area contributed by atoms with Gasteiger partial charge >= 0.3 is 18.5 Å². The van der Waals surface area contributed by atoms with Crippen LogP contribution >= 0.6 is 0 Å². The standard InChI is InChI=1S/C31H27F9N4/c1-15-2-6-25(41)21(10-15)19(22-11-16(29(32,33)34)3-7-26(22)42)14-20(23-12-17(30(35,36)37)4-8-27(23)43)24-13-18(31(38,39)40)5-9-28(24)44/h2-13,19-20H,14,41-44H2,1H3. The van der Waals surface area contributed by atoms with Crippen LogP contribution in [0.15, 0.2) is 72.8 Å². The molecule has 0 aliphatic rings. The summed E-state index contributed by atoms with van der Waals surface area (Å²) in [4.78, 5) is 0. The Bertz CT molecular complexity index is 1610. The molecular weight excluding hydrogens is 599 g/mol. The molecule has 0 saturated carbocycles. The lowest BCUT2D eigenvalue weighted by molar-refractivity contribution is -0.138. The Labute approximate surface area is 246 Å². The van der Waals surface area contributed by atoms with Gasteiger partial charge in [0.1, 0.15) is 0 Å². The number of hydrogen-bond donors (Lipinski definition) is 4. The van der Waals surface area contributed by atoms with Crippen molar-refractivity contribution in [2.45, 2.75) is 43.7 Å². The highest BCUT2D eigenvalue weighted by Gasteiger charge is 2.37. The lowest BCUT2D eigenvalue weighted by Crippen LogP contribution is -2.18. The molecule has 0 aliphatic carbocycles. The van der Waals surface area contributed by atoms with Gasteiger partial charge in [-0.25, -0.2) is 0 Å². The molecule has 0 amide bonds. The maximum Gasteiger partial charge on any atom is 0.416 e. The largest absolute Gasteiger partial charge is 0.416 e. The van der Waals surface area contributed by atoms with Crippen LogP contribution in [0.5, 0.6) is 0 Å². The molecule has 0 aromatic heterocycles. The molecule has 0 radical (unpaired) electrons. The van der Waals surface area contributed by atoms with Crippen molar-refractivity contribution in [3.8, 4) is 0 Å². The molecule has 4 aromatic rings. The molecule has 4 nitrogen and oxygen atoms in total. The molecule has 234 valence electrons. The van der Waals surface area contributed by atoms with Crippen molar-refractivity contribution < 1.29 is 39.5 Å². The summed E-state index contributed by atoms with van der Waals surface area (Å²) in [5.41, 5.74) is 21.3. The molecule has 13 heteroatoms. The van der Waals surface area contributed by atoms with E-state index in [9.17, 15) is 39.5 Å². The number of hydrogen-bond acceptors (Lipinski definition) is 4. The highest BCUT2D eigenvalue weighted by molar-refractivity contribution is 5.63. The maximum absolute atomic E-state index is 13.8. The number of aryl methyl sites for hydroxylation is 1. The first-order chi connectivity index (χ1) is 20.3. The zero-order chi connectivity index (χ0) is 32.8. The van der Waals surface area contributed by atoms with Gasteiger partial charge in [0.05, 0.1) is 16.7 Å². The first-order valence-electron chi connectivity index (χ1n) is 13.0. The van der Waals surface area contributed by atoms with Crippen molar-refractivity contribution in [2.75, 3.05) is 22.9 Å². The Morgan fingerprint density at radius 3 is 1.02 bits per heavy atom. The average molecular weight is 627 g/mol. The van der Waals surface area contributed by atoms with Crippen molar-refractivity contribution in [1.29, 1.82) is 0 Å². The van der Waals surface area contributed by atoms with E-state index in [-0.39, 0.29) is 45.0 Å². The number of benzene rings is 4. The van der Waals surface area contributed by atoms with Gasteiger partial charge < -0.3 is 22.9 Å². The Hall–Kier alpha value is -4.55. The van der Waals surface area contributed by atoms with Crippen molar-refractivity contribution >= 4 is 22.7 Å². The number of halogens is 9. The second-order valence-corrected chi connectivity index (χ2v) is 10.5. The van der Waals surface area contributed by atoms with Crippen molar-refractivity contribution in [3.05, 3.63) is 117 Å². The van der Waals surface area contributed by atoms with E-state index in [0.717, 1.165) is 30.3 Å². The van der Waals surface area contributed by atoms with E-state index in [1.54, 1.807) is 19.1 Å². The van der Waals surface area contributed by atoms with E-state index in [4.69, 9.17) is 22.9 Å². The molecule has 0 aliphatic heterocycles. The Morgan fingerprint density at radius 1 is 0.455 bits per heavy atom. The lowest BCUT2D eigenvalue weighted by Gasteiger charge is -2.30. The second kappa shape index (κ2) is 11.5. The number of anilines is 4. The van der Waals surface area contributed by atoms with E-state index in [0.29, 0.717) is 29.8 Å². The molecule has 4 aromatic carbocycles. The SMILES string of the molecule is Cc1ccc(N)c(C(CC(c2cc(C(F)(F)F)ccc2N)c2cc(C(F)(F)F)ccc2N)c2cc(C(F)(F)F)ccc2N)c1. The van der Waals surface area contributed by atoms with Gasteiger partial charge in [-0.2, -0.15) is 39.5 Å². The molecule has 0 saturated heterocycles. The zero-order valence-electron chi connectivity index (χ0n) is 23.0. The maximum atomic E-state index is 13.8. The summed E-state index contributed by atoms with van der Waals surface area (Å²) < 4.78 is 124. The molecule has 44 heavy (non-hydrogen) atoms. The molecule has 0 bridgehead atoms. The fourth-order valence-electron chi connectivity index (χ4n) is 5.23. The summed E-state index contributed by atoms with van der Waals surface area (Å²) in [5.74, 6) is -2.55. The molecule has 0 spiro atoms. The molecule has 1 unspecified atom stereocenters. The van der Waals surface area contributed by atoms with Crippen molar-refractivity contribution in [3.63, 3.8) is 0 Å². The van der Waals surface area contributed by atoms with Crippen LogP contribution in [-0.4, -0.2) is 0 Å². The van der Waals surface area contributed by atoms with Crippen molar-refractivity contribution in [2.24, 2.45) is 0 Å². The summed E-state index contributed by atoms with van der Waals surface area (Å²) in [6.45, 7) is 1.68. The Morgan fingerprint density at radius 2 is 0.727 bits per heavy atom. The van der Waals surface area contributed by atoms with Gasteiger partial charge in [0.15, 0.2) is 0 Å². The second-order valence-electron chi connectivity index (χ2n) is 10.5. The fraction of sp³-hybridized carbons (Fsp3) is 0.226. The predicted molar refractivity (Wildman–Crippen MR) is 151 cm³/mol. The fourth-order valence-corrected chi connectivity index (χ4v) is 5.23. The summed E-state index contributed by atoms with van der Waals surface area (Å²) in [6.07, 6.45) is -14.9. The third-order valence-corrected chi connectivity index (χ3v) is 7.46. The van der Waals surface area contributed by atoms with Gasteiger partial charge in [-0.15, -0.1) is 0 Å². The lowest BCUT2D eigenvalue weighted by atomic mass is 9.75. The zero-order valence-corrected chi connectivity index (χ0v) is 23.0. The van der Waals surface area contributed by atoms with E-state index in [2.05, 4.69) is 0 Å². The van der Waals surface area contributed by atoms with Gasteiger partial charge in [0.25, 0.3) is 0 Å². The van der Waals surface area contributed by atoms with Gasteiger partial charge in [-0.1, -0.05) is 17.7 Å². The number of nitrogens with two attached hydrogens (primary N) is 4. The number of alkyl halides is 9. The van der Waals surface area contributed by atoms with Crippen molar-refractivity contribution in [1.82, 2.24) is 0 Å². The summed E-state index contributed by atoms with van der Waals surface area (Å²) >= 11 is 0. The number of rotatable bonds is 6. The van der Waals surface area contributed by atoms with Crippen LogP contribution in [0, 0.1) is 6.92 Å². The first-order valence-corrected chi connectivity index (χ1v) is 13.0. The van der Waals surface area contributed by atoms with Gasteiger partial charge in [-0.3, -0.25) is 0 Å². The quantitative estimate of drug-likeness (QED) is 0.127. The molecular formula is C31H27F9N4. The van der Waals surface area contributed by atoms with Crippen LogP contribution in [0.4, 0.5) is 62.3 Å². The molecule has 8 N–H and O–H groups in total. The molecule has 0 fully saturated rings. The van der Waals surface area contributed by atoms with E-state index in [1.165, 1.54) is 6.07 Å². The van der Waals surface area contributed by atoms with Crippen LogP contribution in [0.2, 0.25) is 0 Å². The Kier molecular flexibility index (Phi) is 8.47. The van der Waals surface area contributed by atoms with E-state index < -0.39 is 53.5 Å². The number of nitrogen functional groups attached to an aromatic ring is 4. The molecule has 4 rings (SSSR count). The highest BCUT2D eigenvalue weighted by Crippen LogP contribution is 2.47. The minimum Gasteiger partial charge on any atom is -0.398 e. The molecule has 1 atom stereocenters. The van der Waals surface area contributed by atoms with Gasteiger partial charge in [0, 0.05) is 34.6 Å². The first kappa shape index (κ1) is 32.4. The van der Waals surface area contributed by atoms with Crippen LogP contribution in [0.25, 0.3) is 0 Å². The topological polar surface area (TPSA) is 104 Å². The average Bonchev–Trinajstić information content (AvgIpc) is 2.90. The molecule has 0 heterocycles. The van der Waals surface area contributed by atoms with Gasteiger partial charge in [0.2, 0.25) is 0 Å². The smallest absolute Gasteiger partial charge is 0.398 e. The predicted octanol–water partition coefficient (Wildman–Crippen LogP) is 8.73. The van der Waals surface area contributed by atoms with Crippen LogP contribution in [0.3, 0.4) is 0 Å². The van der Waals surface area contributed by atoms with Crippen LogP contribution in [-0.2, 0) is 18.5 Å². The summed E-state index contributed by atoms with van der Waals surface area (Å²) in [7, 11) is 0. The van der Waals surface area contributed by atoms with Gasteiger partial charge in [-0.05, 0) is 96.3 Å². The third-order valence-electron chi connectivity index (χ3n) is 7.46. The Balaban J connectivity index is 2.06. The summed E-state index contributed by atoms with van der Waals surface area (Å²) in [6, 6.07) is 12.0. The highest BCUT2D eigenvalue weighted by atomic mass is 19.4. The van der Waals surface area contributed by atoms with E-state index in [1.807, 2.05) is 0 Å². The summed E-state index contributed by atoms with van der Waals surface area (Å²) in [5, 5.41) is 0. The minimum absolute atomic E-state index is 0.0850. The normalized spacial score (nSPS) is 13.3. The monoisotopic (exact) mass is 626 g/mol. The van der Waals surface area contributed by atoms with Crippen LogP contribution < -0.4 is 22.9 Å². The van der Waals surface area contributed by atoms with Crippen LogP contribution in [0.1, 0.15) is 62.8 Å². The minimum atomic E-state index is -4.85. The van der Waals surface area contributed by atoms with E-state index >= 15 is 0 Å².